The van der Waals surface area contributed by atoms with E-state index < -0.39 is 0 Å². The first-order valence-corrected chi connectivity index (χ1v) is 7.59. The lowest BCUT2D eigenvalue weighted by atomic mass is 10.1. The van der Waals surface area contributed by atoms with Gasteiger partial charge in [-0.2, -0.15) is 16.9 Å². The second-order valence-electron chi connectivity index (χ2n) is 4.87. The van der Waals surface area contributed by atoms with Crippen molar-refractivity contribution in [3.63, 3.8) is 0 Å². The molecule has 5 nitrogen and oxygen atoms in total. The van der Waals surface area contributed by atoms with Crippen LogP contribution in [0.1, 0.15) is 23.3 Å². The molecule has 1 unspecified atom stereocenters. The first-order chi connectivity index (χ1) is 9.22. The number of aryl methyl sites for hydroxylation is 2. The van der Waals surface area contributed by atoms with E-state index in [9.17, 15) is 0 Å². The number of hydrogen-bond donors (Lipinski definition) is 0. The largest absolute Gasteiger partial charge is 0.445 e. The van der Waals surface area contributed by atoms with Gasteiger partial charge in [0.1, 0.15) is 5.76 Å². The number of hydrogen-bond acceptors (Lipinski definition) is 5. The molecule has 0 aliphatic carbocycles. The third kappa shape index (κ3) is 2.84. The summed E-state index contributed by atoms with van der Waals surface area (Å²) < 4.78 is 7.46. The molecule has 1 atom stereocenters. The lowest BCUT2D eigenvalue weighted by molar-refractivity contribution is 0.190. The van der Waals surface area contributed by atoms with Gasteiger partial charge in [0.2, 0.25) is 5.89 Å². The van der Waals surface area contributed by atoms with Crippen LogP contribution < -0.4 is 0 Å². The SMILES string of the molecule is Cc1cnc(CN2CCSCC2c2cnn(C)c2)o1. The molecule has 1 aliphatic heterocycles. The molecule has 0 amide bonds. The van der Waals surface area contributed by atoms with E-state index >= 15 is 0 Å². The number of aromatic nitrogens is 3. The predicted molar refractivity (Wildman–Crippen MR) is 74.9 cm³/mol. The van der Waals surface area contributed by atoms with Crippen LogP contribution in [0.5, 0.6) is 0 Å². The van der Waals surface area contributed by atoms with Crippen molar-refractivity contribution in [1.82, 2.24) is 19.7 Å². The maximum Gasteiger partial charge on any atom is 0.208 e. The second-order valence-corrected chi connectivity index (χ2v) is 6.02. The fraction of sp³-hybridized carbons (Fsp3) is 0.538. The van der Waals surface area contributed by atoms with Crippen molar-refractivity contribution >= 4 is 11.8 Å². The Kier molecular flexibility index (Phi) is 3.61. The van der Waals surface area contributed by atoms with Gasteiger partial charge in [-0.05, 0) is 6.92 Å². The van der Waals surface area contributed by atoms with Crippen molar-refractivity contribution in [3.05, 3.63) is 35.8 Å². The third-order valence-corrected chi connectivity index (χ3v) is 4.38. The highest BCUT2D eigenvalue weighted by molar-refractivity contribution is 7.99. The van der Waals surface area contributed by atoms with Crippen molar-refractivity contribution in [2.75, 3.05) is 18.1 Å². The monoisotopic (exact) mass is 278 g/mol. The molecule has 0 bridgehead atoms. The molecule has 0 aromatic carbocycles. The van der Waals surface area contributed by atoms with Crippen LogP contribution in [0.3, 0.4) is 0 Å². The lowest BCUT2D eigenvalue weighted by Gasteiger charge is -2.33. The molecule has 6 heteroatoms. The smallest absolute Gasteiger partial charge is 0.208 e. The molecule has 0 saturated carbocycles. The van der Waals surface area contributed by atoms with Gasteiger partial charge in [-0.15, -0.1) is 0 Å². The molecule has 0 radical (unpaired) electrons. The molecule has 19 heavy (non-hydrogen) atoms. The number of rotatable bonds is 3. The highest BCUT2D eigenvalue weighted by Gasteiger charge is 2.26. The van der Waals surface area contributed by atoms with E-state index in [1.54, 1.807) is 6.20 Å². The standard InChI is InChI=1S/C13H18N4OS/c1-10-5-14-13(18-10)8-17-3-4-19-9-12(17)11-6-15-16(2)7-11/h5-7,12H,3-4,8-9H2,1-2H3. The van der Waals surface area contributed by atoms with E-state index in [2.05, 4.69) is 21.2 Å². The van der Waals surface area contributed by atoms with E-state index in [0.29, 0.717) is 6.04 Å². The summed E-state index contributed by atoms with van der Waals surface area (Å²) in [5.74, 6) is 3.94. The minimum Gasteiger partial charge on any atom is -0.445 e. The van der Waals surface area contributed by atoms with Crippen LogP contribution in [0.15, 0.2) is 23.0 Å². The van der Waals surface area contributed by atoms with Gasteiger partial charge in [-0.3, -0.25) is 9.58 Å². The lowest BCUT2D eigenvalue weighted by Crippen LogP contribution is -2.35. The van der Waals surface area contributed by atoms with Crippen LogP contribution in [0.4, 0.5) is 0 Å². The number of nitrogens with zero attached hydrogens (tertiary/aromatic N) is 4. The van der Waals surface area contributed by atoms with Crippen LogP contribution in [0.2, 0.25) is 0 Å². The normalized spacial score (nSPS) is 20.8. The topological polar surface area (TPSA) is 47.1 Å². The van der Waals surface area contributed by atoms with Gasteiger partial charge >= 0.3 is 0 Å². The third-order valence-electron chi connectivity index (χ3n) is 3.36. The van der Waals surface area contributed by atoms with E-state index in [-0.39, 0.29) is 0 Å². The Hall–Kier alpha value is -1.27. The highest BCUT2D eigenvalue weighted by Crippen LogP contribution is 2.30. The van der Waals surface area contributed by atoms with Gasteiger partial charge in [0.25, 0.3) is 0 Å². The van der Waals surface area contributed by atoms with Gasteiger partial charge < -0.3 is 4.42 Å². The minimum absolute atomic E-state index is 0.402. The van der Waals surface area contributed by atoms with Crippen molar-refractivity contribution in [2.24, 2.45) is 7.05 Å². The maximum absolute atomic E-state index is 5.60. The summed E-state index contributed by atoms with van der Waals surface area (Å²) in [4.78, 5) is 6.74. The number of oxazole rings is 1. The van der Waals surface area contributed by atoms with Crippen LogP contribution in [0.25, 0.3) is 0 Å². The quantitative estimate of drug-likeness (QED) is 0.859. The summed E-state index contributed by atoms with van der Waals surface area (Å²) in [7, 11) is 1.96. The zero-order chi connectivity index (χ0) is 13.2. The molecule has 3 rings (SSSR count). The summed E-state index contributed by atoms with van der Waals surface area (Å²) in [6.07, 6.45) is 5.85. The molecular formula is C13H18N4OS. The average molecular weight is 278 g/mol. The van der Waals surface area contributed by atoms with Crippen LogP contribution >= 0.6 is 11.8 Å². The van der Waals surface area contributed by atoms with Crippen molar-refractivity contribution in [2.45, 2.75) is 19.5 Å². The fourth-order valence-corrected chi connectivity index (χ4v) is 3.55. The Morgan fingerprint density at radius 2 is 2.37 bits per heavy atom. The first kappa shape index (κ1) is 12.7. The van der Waals surface area contributed by atoms with Crippen molar-refractivity contribution < 1.29 is 4.42 Å². The van der Waals surface area contributed by atoms with E-state index in [1.807, 2.05) is 36.6 Å². The Bertz CT molecular complexity index is 550. The first-order valence-electron chi connectivity index (χ1n) is 6.44. The van der Waals surface area contributed by atoms with E-state index in [4.69, 9.17) is 4.42 Å². The molecular weight excluding hydrogens is 260 g/mol. The van der Waals surface area contributed by atoms with Gasteiger partial charge in [0.05, 0.1) is 18.9 Å². The van der Waals surface area contributed by atoms with Crippen molar-refractivity contribution in [3.8, 4) is 0 Å². The molecule has 1 saturated heterocycles. The van der Waals surface area contributed by atoms with Crippen molar-refractivity contribution in [1.29, 1.82) is 0 Å². The molecule has 2 aromatic rings. The van der Waals surface area contributed by atoms with E-state index in [0.717, 1.165) is 36.2 Å². The molecule has 1 aliphatic rings. The summed E-state index contributed by atoms with van der Waals surface area (Å²) in [6.45, 7) is 3.76. The fourth-order valence-electron chi connectivity index (χ4n) is 2.39. The van der Waals surface area contributed by atoms with Crippen LogP contribution in [0, 0.1) is 6.92 Å². The predicted octanol–water partition coefficient (Wildman–Crippen LogP) is 2.01. The zero-order valence-corrected chi connectivity index (χ0v) is 12.1. The van der Waals surface area contributed by atoms with Gasteiger partial charge in [0.15, 0.2) is 0 Å². The zero-order valence-electron chi connectivity index (χ0n) is 11.2. The molecule has 102 valence electrons. The summed E-state index contributed by atoms with van der Waals surface area (Å²) >= 11 is 2.00. The summed E-state index contributed by atoms with van der Waals surface area (Å²) in [5, 5.41) is 4.28. The Labute approximate surface area is 117 Å². The summed E-state index contributed by atoms with van der Waals surface area (Å²) in [5.41, 5.74) is 1.28. The molecule has 0 N–H and O–H groups in total. The van der Waals surface area contributed by atoms with Gasteiger partial charge in [-0.1, -0.05) is 0 Å². The Morgan fingerprint density at radius 1 is 1.47 bits per heavy atom. The Balaban J connectivity index is 1.77. The number of thioether (sulfide) groups is 1. The Morgan fingerprint density at radius 3 is 3.05 bits per heavy atom. The summed E-state index contributed by atoms with van der Waals surface area (Å²) in [6, 6.07) is 0.402. The highest BCUT2D eigenvalue weighted by atomic mass is 32.2. The van der Waals surface area contributed by atoms with Crippen LogP contribution in [-0.2, 0) is 13.6 Å². The molecule has 3 heterocycles. The van der Waals surface area contributed by atoms with Gasteiger partial charge in [0, 0.05) is 42.9 Å². The molecule has 1 fully saturated rings. The minimum atomic E-state index is 0.402. The van der Waals surface area contributed by atoms with Crippen LogP contribution in [-0.4, -0.2) is 37.7 Å². The molecule has 0 spiro atoms. The van der Waals surface area contributed by atoms with Gasteiger partial charge in [-0.25, -0.2) is 4.98 Å². The maximum atomic E-state index is 5.60. The average Bonchev–Trinajstić information content (AvgIpc) is 2.99. The second kappa shape index (κ2) is 5.38. The molecule has 2 aromatic heterocycles. The van der Waals surface area contributed by atoms with E-state index in [1.165, 1.54) is 5.56 Å².